The number of imide groups is 1. The Morgan fingerprint density at radius 2 is 1.83 bits per heavy atom. The second kappa shape index (κ2) is 8.41. The molecule has 1 aliphatic carbocycles. The van der Waals surface area contributed by atoms with Crippen molar-refractivity contribution in [2.45, 2.75) is 51.1 Å². The molecule has 29 heavy (non-hydrogen) atoms. The molecule has 6 nitrogen and oxygen atoms in total. The molecule has 1 unspecified atom stereocenters. The van der Waals surface area contributed by atoms with E-state index >= 15 is 0 Å². The Morgan fingerprint density at radius 3 is 2.48 bits per heavy atom. The van der Waals surface area contributed by atoms with Gasteiger partial charge in [0.2, 0.25) is 11.8 Å². The lowest BCUT2D eigenvalue weighted by Gasteiger charge is -2.32. The van der Waals surface area contributed by atoms with Crippen LogP contribution >= 0.6 is 11.6 Å². The highest BCUT2D eigenvalue weighted by Gasteiger charge is 2.45. The maximum Gasteiger partial charge on any atom is 0.257 e. The van der Waals surface area contributed by atoms with Crippen molar-refractivity contribution in [3.05, 3.63) is 53.4 Å². The molecule has 2 fully saturated rings. The first-order chi connectivity index (χ1) is 14.0. The Hall–Kier alpha value is -2.60. The predicted molar refractivity (Wildman–Crippen MR) is 108 cm³/mol. The van der Waals surface area contributed by atoms with Crippen LogP contribution in [0.1, 0.15) is 44.3 Å². The van der Waals surface area contributed by atoms with Crippen LogP contribution in [0.2, 0.25) is 5.02 Å². The van der Waals surface area contributed by atoms with Crippen LogP contribution in [0, 0.1) is 5.92 Å². The number of carbonyl (C=O) groups is 3. The van der Waals surface area contributed by atoms with E-state index < -0.39 is 6.04 Å². The number of carbonyl (C=O) groups excluding carboxylic acids is 3. The number of amides is 3. The van der Waals surface area contributed by atoms with Crippen molar-refractivity contribution >= 4 is 35.0 Å². The third kappa shape index (κ3) is 4.08. The Bertz CT molecular complexity index is 888. The molecule has 1 saturated carbocycles. The maximum atomic E-state index is 13.3. The van der Waals surface area contributed by atoms with Gasteiger partial charge in [-0.3, -0.25) is 14.4 Å². The molecule has 152 valence electrons. The summed E-state index contributed by atoms with van der Waals surface area (Å²) in [7, 11) is 0. The molecular formula is C22H23ClN2O4. The summed E-state index contributed by atoms with van der Waals surface area (Å²) in [5.41, 5.74) is 0.468. The molecule has 0 spiro atoms. The molecule has 2 aliphatic rings. The Morgan fingerprint density at radius 1 is 1.10 bits per heavy atom. The van der Waals surface area contributed by atoms with Gasteiger partial charge in [-0.15, -0.1) is 0 Å². The fourth-order valence-corrected chi connectivity index (χ4v) is 4.34. The zero-order chi connectivity index (χ0) is 20.4. The van der Waals surface area contributed by atoms with Crippen LogP contribution in [0.4, 0.5) is 5.69 Å². The summed E-state index contributed by atoms with van der Waals surface area (Å²) in [6.45, 7) is 0.181. The summed E-state index contributed by atoms with van der Waals surface area (Å²) < 4.78 is 5.43. The van der Waals surface area contributed by atoms with Gasteiger partial charge < -0.3 is 9.32 Å². The maximum absolute atomic E-state index is 13.3. The van der Waals surface area contributed by atoms with Crippen molar-refractivity contribution in [1.82, 2.24) is 4.90 Å². The summed E-state index contributed by atoms with van der Waals surface area (Å²) >= 11 is 5.93. The van der Waals surface area contributed by atoms with E-state index in [4.69, 9.17) is 16.0 Å². The third-order valence-corrected chi connectivity index (χ3v) is 5.98. The SMILES string of the molecule is O=C1CC(N(Cc2ccco2)C(=O)C2CCCCC2)C(=O)N1c1ccc(Cl)cc1. The lowest BCUT2D eigenvalue weighted by Crippen LogP contribution is -2.47. The molecule has 1 atom stereocenters. The second-order valence-corrected chi connectivity index (χ2v) is 8.08. The van der Waals surface area contributed by atoms with Crippen molar-refractivity contribution in [1.29, 1.82) is 0 Å². The number of rotatable bonds is 5. The van der Waals surface area contributed by atoms with Gasteiger partial charge in [-0.1, -0.05) is 30.9 Å². The Labute approximate surface area is 174 Å². The van der Waals surface area contributed by atoms with E-state index in [2.05, 4.69) is 0 Å². The highest BCUT2D eigenvalue weighted by atomic mass is 35.5. The van der Waals surface area contributed by atoms with Gasteiger partial charge >= 0.3 is 0 Å². The van der Waals surface area contributed by atoms with Gasteiger partial charge in [0.1, 0.15) is 11.8 Å². The van der Waals surface area contributed by atoms with E-state index in [1.165, 1.54) is 0 Å². The highest BCUT2D eigenvalue weighted by Crippen LogP contribution is 2.31. The van der Waals surface area contributed by atoms with Crippen LogP contribution in [-0.2, 0) is 20.9 Å². The molecule has 0 bridgehead atoms. The number of halogens is 1. The van der Waals surface area contributed by atoms with Crippen LogP contribution in [-0.4, -0.2) is 28.7 Å². The molecule has 2 heterocycles. The zero-order valence-corrected chi connectivity index (χ0v) is 16.8. The van der Waals surface area contributed by atoms with Crippen molar-refractivity contribution < 1.29 is 18.8 Å². The minimum atomic E-state index is -0.822. The first-order valence-electron chi connectivity index (χ1n) is 10.00. The smallest absolute Gasteiger partial charge is 0.257 e. The molecule has 0 radical (unpaired) electrons. The summed E-state index contributed by atoms with van der Waals surface area (Å²) in [5.74, 6) is -0.271. The molecule has 7 heteroatoms. The fourth-order valence-electron chi connectivity index (χ4n) is 4.22. The predicted octanol–water partition coefficient (Wildman–Crippen LogP) is 4.17. The molecule has 1 aromatic heterocycles. The van der Waals surface area contributed by atoms with Crippen molar-refractivity contribution in [3.8, 4) is 0 Å². The van der Waals surface area contributed by atoms with E-state index in [1.54, 1.807) is 47.6 Å². The van der Waals surface area contributed by atoms with Crippen LogP contribution in [0.15, 0.2) is 47.1 Å². The number of hydrogen-bond donors (Lipinski definition) is 0. The van der Waals surface area contributed by atoms with Crippen LogP contribution in [0.25, 0.3) is 0 Å². The number of hydrogen-bond acceptors (Lipinski definition) is 4. The van der Waals surface area contributed by atoms with Gasteiger partial charge in [0, 0.05) is 10.9 Å². The monoisotopic (exact) mass is 414 g/mol. The number of furan rings is 1. The number of anilines is 1. The first kappa shape index (κ1) is 19.7. The Kier molecular flexibility index (Phi) is 5.72. The standard InChI is InChI=1S/C22H23ClN2O4/c23-16-8-10-17(11-9-16)25-20(26)13-19(22(25)28)24(14-18-7-4-12-29-18)21(27)15-5-2-1-3-6-15/h4,7-12,15,19H,1-3,5-6,13-14H2. The number of nitrogens with zero attached hydrogens (tertiary/aromatic N) is 2. The minimum absolute atomic E-state index is 0.0272. The van der Waals surface area contributed by atoms with Gasteiger partial charge in [-0.2, -0.15) is 0 Å². The van der Waals surface area contributed by atoms with Crippen LogP contribution in [0.5, 0.6) is 0 Å². The molecular weight excluding hydrogens is 392 g/mol. The first-order valence-corrected chi connectivity index (χ1v) is 10.4. The van der Waals surface area contributed by atoms with E-state index in [0.29, 0.717) is 16.5 Å². The quantitative estimate of drug-likeness (QED) is 0.688. The van der Waals surface area contributed by atoms with E-state index in [9.17, 15) is 14.4 Å². The van der Waals surface area contributed by atoms with Gasteiger partial charge in [0.25, 0.3) is 5.91 Å². The molecule has 1 saturated heterocycles. The molecule has 3 amide bonds. The van der Waals surface area contributed by atoms with E-state index in [1.807, 2.05) is 0 Å². The molecule has 1 aromatic carbocycles. The average molecular weight is 415 g/mol. The summed E-state index contributed by atoms with van der Waals surface area (Å²) in [4.78, 5) is 41.9. The van der Waals surface area contributed by atoms with E-state index in [0.717, 1.165) is 37.0 Å². The van der Waals surface area contributed by atoms with Gasteiger partial charge in [-0.05, 0) is 49.2 Å². The second-order valence-electron chi connectivity index (χ2n) is 7.64. The van der Waals surface area contributed by atoms with Crippen LogP contribution < -0.4 is 4.90 Å². The summed E-state index contributed by atoms with van der Waals surface area (Å²) in [6, 6.07) is 9.26. The van der Waals surface area contributed by atoms with Gasteiger partial charge in [0.15, 0.2) is 0 Å². The van der Waals surface area contributed by atoms with Crippen molar-refractivity contribution in [2.24, 2.45) is 5.92 Å². The molecule has 4 rings (SSSR count). The highest BCUT2D eigenvalue weighted by molar-refractivity contribution is 6.30. The van der Waals surface area contributed by atoms with E-state index in [-0.39, 0.29) is 36.6 Å². The summed E-state index contributed by atoms with van der Waals surface area (Å²) in [5, 5.41) is 0.524. The largest absolute Gasteiger partial charge is 0.467 e. The Balaban J connectivity index is 1.61. The van der Waals surface area contributed by atoms with Gasteiger partial charge in [-0.25, -0.2) is 4.90 Å². The summed E-state index contributed by atoms with van der Waals surface area (Å²) in [6.07, 6.45) is 6.32. The van der Waals surface area contributed by atoms with Crippen molar-refractivity contribution in [3.63, 3.8) is 0 Å². The third-order valence-electron chi connectivity index (χ3n) is 5.73. The topological polar surface area (TPSA) is 70.8 Å². The molecule has 1 aliphatic heterocycles. The van der Waals surface area contributed by atoms with Crippen molar-refractivity contribution in [2.75, 3.05) is 4.90 Å². The van der Waals surface area contributed by atoms with Crippen LogP contribution in [0.3, 0.4) is 0 Å². The van der Waals surface area contributed by atoms with Gasteiger partial charge in [0.05, 0.1) is 24.9 Å². The normalized spacial score (nSPS) is 20.3. The lowest BCUT2D eigenvalue weighted by atomic mass is 9.88. The zero-order valence-electron chi connectivity index (χ0n) is 16.1. The molecule has 0 N–H and O–H groups in total. The average Bonchev–Trinajstić information content (AvgIpc) is 3.35. The lowest BCUT2D eigenvalue weighted by molar-refractivity contribution is -0.143. The molecule has 2 aromatic rings. The number of benzene rings is 1. The fraction of sp³-hybridized carbons (Fsp3) is 0.409. The minimum Gasteiger partial charge on any atom is -0.467 e.